The summed E-state index contributed by atoms with van der Waals surface area (Å²) in [6.07, 6.45) is -5.01. The molecular weight excluding hydrogens is 243 g/mol. The predicted octanol–water partition coefficient (Wildman–Crippen LogP) is 1.74. The fraction of sp³-hybridized carbons (Fsp3) is 1.00. The van der Waals surface area contributed by atoms with Crippen molar-refractivity contribution in [3.63, 3.8) is 0 Å². The second kappa shape index (κ2) is 6.44. The second-order valence-corrected chi connectivity index (χ2v) is 6.17. The number of halogens is 3. The highest BCUT2D eigenvalue weighted by atomic mass is 32.2. The Morgan fingerprint density at radius 2 is 1.88 bits per heavy atom. The van der Waals surface area contributed by atoms with Gasteiger partial charge in [0.2, 0.25) is 0 Å². The van der Waals surface area contributed by atoms with E-state index in [1.54, 1.807) is 13.8 Å². The van der Waals surface area contributed by atoms with Crippen LogP contribution in [0.1, 0.15) is 26.7 Å². The van der Waals surface area contributed by atoms with Crippen LogP contribution in [0.5, 0.6) is 0 Å². The smallest absolute Gasteiger partial charge is 0.313 e. The molecule has 0 saturated heterocycles. The van der Waals surface area contributed by atoms with E-state index in [1.165, 1.54) is 0 Å². The summed E-state index contributed by atoms with van der Waals surface area (Å²) in [5.41, 5.74) is 0. The monoisotopic (exact) mass is 261 g/mol. The van der Waals surface area contributed by atoms with E-state index in [0.29, 0.717) is 0 Å². The summed E-state index contributed by atoms with van der Waals surface area (Å²) in [5.74, 6) is 0.0249. The molecular formula is C9H18F3NO2S. The summed E-state index contributed by atoms with van der Waals surface area (Å²) in [4.78, 5) is 0. The lowest BCUT2D eigenvalue weighted by molar-refractivity contribution is -0.135. The first-order valence-corrected chi connectivity index (χ1v) is 6.99. The van der Waals surface area contributed by atoms with Crippen molar-refractivity contribution in [2.75, 3.05) is 18.1 Å². The van der Waals surface area contributed by atoms with Crippen LogP contribution in [-0.4, -0.2) is 38.7 Å². The van der Waals surface area contributed by atoms with Gasteiger partial charge < -0.3 is 5.32 Å². The van der Waals surface area contributed by atoms with Gasteiger partial charge in [-0.15, -0.1) is 0 Å². The van der Waals surface area contributed by atoms with Crippen LogP contribution < -0.4 is 5.32 Å². The van der Waals surface area contributed by atoms with Crippen molar-refractivity contribution in [3.8, 4) is 0 Å². The molecule has 0 spiro atoms. The average Bonchev–Trinajstić information content (AvgIpc) is 2.10. The first-order chi connectivity index (χ1) is 7.16. The van der Waals surface area contributed by atoms with E-state index in [4.69, 9.17) is 0 Å². The third-order valence-corrected chi connectivity index (χ3v) is 3.96. The normalized spacial score (nSPS) is 15.1. The van der Waals surface area contributed by atoms with Crippen molar-refractivity contribution < 1.29 is 21.6 Å². The summed E-state index contributed by atoms with van der Waals surface area (Å²) < 4.78 is 57.7. The summed E-state index contributed by atoms with van der Waals surface area (Å²) in [7, 11) is -3.07. The van der Waals surface area contributed by atoms with Crippen LogP contribution in [0.2, 0.25) is 0 Å². The molecule has 0 radical (unpaired) electrons. The minimum absolute atomic E-state index is 0.0278. The van der Waals surface area contributed by atoms with Gasteiger partial charge in [-0.1, -0.05) is 6.92 Å². The van der Waals surface area contributed by atoms with Crippen molar-refractivity contribution in [2.45, 2.75) is 38.9 Å². The predicted molar refractivity (Wildman–Crippen MR) is 57.1 cm³/mol. The van der Waals surface area contributed by atoms with Crippen molar-refractivity contribution in [1.82, 2.24) is 5.32 Å². The van der Waals surface area contributed by atoms with Gasteiger partial charge in [-0.25, -0.2) is 8.42 Å². The summed E-state index contributed by atoms with van der Waals surface area (Å²) >= 11 is 0. The van der Waals surface area contributed by atoms with Crippen LogP contribution in [0.15, 0.2) is 0 Å². The van der Waals surface area contributed by atoms with Crippen LogP contribution in [0.3, 0.4) is 0 Å². The number of nitrogens with one attached hydrogen (secondary N) is 1. The Hall–Kier alpha value is -0.300. The van der Waals surface area contributed by atoms with Crippen molar-refractivity contribution in [1.29, 1.82) is 0 Å². The van der Waals surface area contributed by atoms with Crippen LogP contribution in [0.25, 0.3) is 0 Å². The lowest BCUT2D eigenvalue weighted by Gasteiger charge is -2.13. The lowest BCUT2D eigenvalue weighted by Crippen LogP contribution is -2.34. The third-order valence-electron chi connectivity index (χ3n) is 2.07. The Morgan fingerprint density at radius 3 is 2.31 bits per heavy atom. The Kier molecular flexibility index (Phi) is 6.32. The molecule has 1 N–H and O–H groups in total. The number of rotatable bonds is 7. The zero-order chi connectivity index (χ0) is 12.8. The SMILES string of the molecule is CCS(=O)(=O)CC(C)NCCCC(F)(F)F. The standard InChI is InChI=1S/C9H18F3NO2S/c1-3-16(14,15)7-8(2)13-6-4-5-9(10,11)12/h8,13H,3-7H2,1-2H3. The van der Waals surface area contributed by atoms with Crippen LogP contribution >= 0.6 is 0 Å². The molecule has 1 atom stereocenters. The van der Waals surface area contributed by atoms with Gasteiger partial charge in [0.25, 0.3) is 0 Å². The molecule has 98 valence electrons. The van der Waals surface area contributed by atoms with Gasteiger partial charge in [0.05, 0.1) is 5.75 Å². The van der Waals surface area contributed by atoms with E-state index in [2.05, 4.69) is 5.32 Å². The molecule has 0 aliphatic heterocycles. The van der Waals surface area contributed by atoms with Crippen molar-refractivity contribution in [3.05, 3.63) is 0 Å². The minimum atomic E-state index is -4.14. The molecule has 0 bridgehead atoms. The van der Waals surface area contributed by atoms with Crippen molar-refractivity contribution >= 4 is 9.84 Å². The second-order valence-electron chi connectivity index (χ2n) is 3.77. The molecule has 16 heavy (non-hydrogen) atoms. The molecule has 0 aliphatic rings. The lowest BCUT2D eigenvalue weighted by atomic mass is 10.3. The van der Waals surface area contributed by atoms with Gasteiger partial charge in [-0.05, 0) is 19.9 Å². The van der Waals surface area contributed by atoms with E-state index in [-0.39, 0.29) is 30.5 Å². The van der Waals surface area contributed by atoms with Crippen LogP contribution in [0.4, 0.5) is 13.2 Å². The molecule has 0 amide bonds. The minimum Gasteiger partial charge on any atom is -0.313 e. The fourth-order valence-corrected chi connectivity index (χ4v) is 2.31. The van der Waals surface area contributed by atoms with E-state index >= 15 is 0 Å². The number of hydrogen-bond acceptors (Lipinski definition) is 3. The quantitative estimate of drug-likeness (QED) is 0.710. The fourth-order valence-electron chi connectivity index (χ4n) is 1.19. The molecule has 0 heterocycles. The molecule has 1 unspecified atom stereocenters. The van der Waals surface area contributed by atoms with Gasteiger partial charge >= 0.3 is 6.18 Å². The van der Waals surface area contributed by atoms with Crippen molar-refractivity contribution in [2.24, 2.45) is 0 Å². The highest BCUT2D eigenvalue weighted by Crippen LogP contribution is 2.20. The summed E-state index contributed by atoms with van der Waals surface area (Å²) in [6.45, 7) is 3.38. The van der Waals surface area contributed by atoms with Gasteiger partial charge in [0, 0.05) is 18.2 Å². The Bertz CT molecular complexity index is 288. The van der Waals surface area contributed by atoms with E-state index in [0.717, 1.165) is 0 Å². The molecule has 0 aliphatic carbocycles. The summed E-state index contributed by atoms with van der Waals surface area (Å²) in [6, 6.07) is -0.307. The third kappa shape index (κ3) is 8.96. The molecule has 0 aromatic carbocycles. The van der Waals surface area contributed by atoms with E-state index in [1.807, 2.05) is 0 Å². The Balaban J connectivity index is 3.71. The molecule has 3 nitrogen and oxygen atoms in total. The highest BCUT2D eigenvalue weighted by Gasteiger charge is 2.26. The Morgan fingerprint density at radius 1 is 1.31 bits per heavy atom. The molecule has 0 aromatic rings. The number of alkyl halides is 3. The maximum absolute atomic E-state index is 11.8. The van der Waals surface area contributed by atoms with Gasteiger partial charge in [0.1, 0.15) is 0 Å². The zero-order valence-corrected chi connectivity index (χ0v) is 10.3. The molecule has 0 saturated carbocycles. The summed E-state index contributed by atoms with van der Waals surface area (Å²) in [5, 5.41) is 2.77. The van der Waals surface area contributed by atoms with Gasteiger partial charge in [-0.3, -0.25) is 0 Å². The highest BCUT2D eigenvalue weighted by molar-refractivity contribution is 7.91. The molecule has 0 fully saturated rings. The number of hydrogen-bond donors (Lipinski definition) is 1. The van der Waals surface area contributed by atoms with Gasteiger partial charge in [0.15, 0.2) is 9.84 Å². The van der Waals surface area contributed by atoms with Crippen LogP contribution in [-0.2, 0) is 9.84 Å². The first kappa shape index (κ1) is 15.7. The first-order valence-electron chi connectivity index (χ1n) is 5.17. The number of sulfone groups is 1. The van der Waals surface area contributed by atoms with Gasteiger partial charge in [-0.2, -0.15) is 13.2 Å². The van der Waals surface area contributed by atoms with E-state index in [9.17, 15) is 21.6 Å². The largest absolute Gasteiger partial charge is 0.389 e. The van der Waals surface area contributed by atoms with Crippen LogP contribution in [0, 0.1) is 0 Å². The Labute approximate surface area is 94.3 Å². The molecule has 7 heteroatoms. The average molecular weight is 261 g/mol. The maximum atomic E-state index is 11.8. The van der Waals surface area contributed by atoms with E-state index < -0.39 is 22.4 Å². The topological polar surface area (TPSA) is 46.2 Å². The molecule has 0 aromatic heterocycles. The maximum Gasteiger partial charge on any atom is 0.389 e. The zero-order valence-electron chi connectivity index (χ0n) is 9.47. The molecule has 0 rings (SSSR count).